The summed E-state index contributed by atoms with van der Waals surface area (Å²) in [5, 5.41) is 16.4. The van der Waals surface area contributed by atoms with E-state index in [-0.39, 0.29) is 11.6 Å². The van der Waals surface area contributed by atoms with Crippen molar-refractivity contribution in [1.82, 2.24) is 10.2 Å². The van der Waals surface area contributed by atoms with Crippen LogP contribution < -0.4 is 10.6 Å². The maximum atomic E-state index is 8.57. The minimum absolute atomic E-state index is 0.0208. The standard InChI is InChI=1S/C10H16N4O2S/c1-14(4-6-16-7-5-15)10-8(9(11)17)2-3-12-13-10/h2-3,15H,4-7H2,1H3,(H2,11,17). The molecular weight excluding hydrogens is 240 g/mol. The predicted molar refractivity (Wildman–Crippen MR) is 69.1 cm³/mol. The van der Waals surface area contributed by atoms with E-state index in [2.05, 4.69) is 10.2 Å². The zero-order valence-electron chi connectivity index (χ0n) is 9.67. The highest BCUT2D eigenvalue weighted by molar-refractivity contribution is 7.80. The zero-order chi connectivity index (χ0) is 12.7. The maximum absolute atomic E-state index is 8.57. The Morgan fingerprint density at radius 3 is 3.00 bits per heavy atom. The Morgan fingerprint density at radius 1 is 1.59 bits per heavy atom. The topological polar surface area (TPSA) is 84.5 Å². The number of likely N-dealkylation sites (N-methyl/N-ethyl adjacent to an activating group) is 1. The molecule has 0 aliphatic heterocycles. The first-order valence-electron chi connectivity index (χ1n) is 5.18. The molecule has 1 heterocycles. The molecule has 3 N–H and O–H groups in total. The number of hydrogen-bond acceptors (Lipinski definition) is 6. The van der Waals surface area contributed by atoms with Crippen molar-refractivity contribution in [3.05, 3.63) is 17.8 Å². The number of aliphatic hydroxyl groups is 1. The third kappa shape index (κ3) is 4.22. The van der Waals surface area contributed by atoms with Crippen LogP contribution in [0.25, 0.3) is 0 Å². The van der Waals surface area contributed by atoms with Crippen molar-refractivity contribution in [2.75, 3.05) is 38.3 Å². The maximum Gasteiger partial charge on any atom is 0.161 e. The fourth-order valence-corrected chi connectivity index (χ4v) is 1.43. The van der Waals surface area contributed by atoms with Crippen LogP contribution >= 0.6 is 12.2 Å². The molecule has 7 heteroatoms. The van der Waals surface area contributed by atoms with E-state index in [0.717, 1.165) is 0 Å². The SMILES string of the molecule is CN(CCOCCO)c1nnccc1C(N)=S. The lowest BCUT2D eigenvalue weighted by molar-refractivity contribution is 0.0970. The van der Waals surface area contributed by atoms with Crippen LogP contribution in [0.2, 0.25) is 0 Å². The largest absolute Gasteiger partial charge is 0.394 e. The first-order valence-corrected chi connectivity index (χ1v) is 5.59. The summed E-state index contributed by atoms with van der Waals surface area (Å²) in [6.45, 7) is 1.46. The Kier molecular flexibility index (Phi) is 5.75. The molecule has 0 radical (unpaired) electrons. The van der Waals surface area contributed by atoms with Gasteiger partial charge in [0.25, 0.3) is 0 Å². The minimum atomic E-state index is 0.0208. The van der Waals surface area contributed by atoms with Crippen LogP contribution in [0.1, 0.15) is 5.56 Å². The van der Waals surface area contributed by atoms with E-state index in [9.17, 15) is 0 Å². The lowest BCUT2D eigenvalue weighted by Gasteiger charge is -2.19. The summed E-state index contributed by atoms with van der Waals surface area (Å²) in [5.74, 6) is 0.632. The summed E-state index contributed by atoms with van der Waals surface area (Å²) in [4.78, 5) is 2.15. The highest BCUT2D eigenvalue weighted by Crippen LogP contribution is 2.13. The Balaban J connectivity index is 2.62. The number of nitrogens with two attached hydrogens (primary N) is 1. The lowest BCUT2D eigenvalue weighted by Crippen LogP contribution is -2.27. The van der Waals surface area contributed by atoms with Crippen molar-refractivity contribution in [1.29, 1.82) is 0 Å². The third-order valence-electron chi connectivity index (χ3n) is 2.13. The van der Waals surface area contributed by atoms with Gasteiger partial charge in [-0.25, -0.2) is 0 Å². The van der Waals surface area contributed by atoms with E-state index in [1.807, 2.05) is 11.9 Å². The molecule has 0 saturated carbocycles. The first-order chi connectivity index (χ1) is 8.16. The molecule has 0 aromatic carbocycles. The van der Waals surface area contributed by atoms with Gasteiger partial charge in [0.1, 0.15) is 4.99 Å². The van der Waals surface area contributed by atoms with Crippen molar-refractivity contribution in [2.24, 2.45) is 5.73 Å². The third-order valence-corrected chi connectivity index (χ3v) is 2.35. The number of nitrogens with zero attached hydrogens (tertiary/aromatic N) is 3. The highest BCUT2D eigenvalue weighted by Gasteiger charge is 2.11. The summed E-state index contributed by atoms with van der Waals surface area (Å²) in [6.07, 6.45) is 1.55. The van der Waals surface area contributed by atoms with Crippen molar-refractivity contribution in [3.8, 4) is 0 Å². The van der Waals surface area contributed by atoms with Crippen LogP contribution in [0.4, 0.5) is 5.82 Å². The molecule has 17 heavy (non-hydrogen) atoms. The number of hydrogen-bond donors (Lipinski definition) is 2. The van der Waals surface area contributed by atoms with Gasteiger partial charge >= 0.3 is 0 Å². The van der Waals surface area contributed by atoms with Crippen LogP contribution in [-0.4, -0.2) is 53.7 Å². The Labute approximate surface area is 105 Å². The number of rotatable bonds is 7. The summed E-state index contributed by atoms with van der Waals surface area (Å²) < 4.78 is 5.17. The molecule has 0 atom stereocenters. The van der Waals surface area contributed by atoms with Gasteiger partial charge < -0.3 is 20.5 Å². The fraction of sp³-hybridized carbons (Fsp3) is 0.500. The van der Waals surface area contributed by atoms with E-state index in [1.165, 1.54) is 0 Å². The van der Waals surface area contributed by atoms with Gasteiger partial charge in [-0.05, 0) is 6.07 Å². The molecule has 0 aliphatic rings. The summed E-state index contributed by atoms with van der Waals surface area (Å²) >= 11 is 4.94. The second-order valence-electron chi connectivity index (χ2n) is 3.39. The molecule has 0 spiro atoms. The summed E-state index contributed by atoms with van der Waals surface area (Å²) in [7, 11) is 1.86. The van der Waals surface area contributed by atoms with Gasteiger partial charge in [0.15, 0.2) is 5.82 Å². The molecule has 0 bridgehead atoms. The van der Waals surface area contributed by atoms with Crippen LogP contribution in [0.15, 0.2) is 12.3 Å². The monoisotopic (exact) mass is 256 g/mol. The van der Waals surface area contributed by atoms with E-state index >= 15 is 0 Å². The average molecular weight is 256 g/mol. The summed E-state index contributed by atoms with van der Waals surface area (Å²) in [6, 6.07) is 1.73. The predicted octanol–water partition coefficient (Wildman–Crippen LogP) is -0.444. The van der Waals surface area contributed by atoms with Crippen molar-refractivity contribution >= 4 is 23.0 Å². The Hall–Kier alpha value is -1.31. The zero-order valence-corrected chi connectivity index (χ0v) is 10.5. The van der Waals surface area contributed by atoms with Gasteiger partial charge in [0, 0.05) is 13.6 Å². The molecule has 1 aromatic heterocycles. The molecule has 0 fully saturated rings. The molecular formula is C10H16N4O2S. The molecule has 1 rings (SSSR count). The smallest absolute Gasteiger partial charge is 0.161 e. The number of thiocarbonyl (C=S) groups is 1. The normalized spacial score (nSPS) is 10.2. The Morgan fingerprint density at radius 2 is 2.35 bits per heavy atom. The first kappa shape index (κ1) is 13.8. The quantitative estimate of drug-likeness (QED) is 0.505. The molecule has 0 unspecified atom stereocenters. The van der Waals surface area contributed by atoms with Gasteiger partial charge in [-0.2, -0.15) is 5.10 Å². The number of anilines is 1. The second kappa shape index (κ2) is 7.10. The molecule has 6 nitrogen and oxygen atoms in total. The fourth-order valence-electron chi connectivity index (χ4n) is 1.27. The van der Waals surface area contributed by atoms with Crippen LogP contribution in [-0.2, 0) is 4.74 Å². The van der Waals surface area contributed by atoms with Gasteiger partial charge in [0.2, 0.25) is 0 Å². The van der Waals surface area contributed by atoms with Crippen molar-refractivity contribution < 1.29 is 9.84 Å². The molecule has 0 aliphatic carbocycles. The van der Waals surface area contributed by atoms with Crippen molar-refractivity contribution in [2.45, 2.75) is 0 Å². The lowest BCUT2D eigenvalue weighted by atomic mass is 10.2. The molecule has 0 saturated heterocycles. The van der Waals surface area contributed by atoms with E-state index < -0.39 is 0 Å². The van der Waals surface area contributed by atoms with Crippen LogP contribution in [0.5, 0.6) is 0 Å². The molecule has 94 valence electrons. The van der Waals surface area contributed by atoms with E-state index in [0.29, 0.717) is 31.1 Å². The van der Waals surface area contributed by atoms with Crippen molar-refractivity contribution in [3.63, 3.8) is 0 Å². The van der Waals surface area contributed by atoms with Crippen LogP contribution in [0, 0.1) is 0 Å². The minimum Gasteiger partial charge on any atom is -0.394 e. The van der Waals surface area contributed by atoms with Gasteiger partial charge in [-0.15, -0.1) is 5.10 Å². The highest BCUT2D eigenvalue weighted by atomic mass is 32.1. The van der Waals surface area contributed by atoms with E-state index in [4.69, 9.17) is 27.8 Å². The molecule has 1 aromatic rings. The Bertz CT molecular complexity index is 375. The molecule has 0 amide bonds. The number of aliphatic hydroxyl groups excluding tert-OH is 1. The van der Waals surface area contributed by atoms with Crippen LogP contribution in [0.3, 0.4) is 0 Å². The van der Waals surface area contributed by atoms with Gasteiger partial charge in [0.05, 0.1) is 31.6 Å². The second-order valence-corrected chi connectivity index (χ2v) is 3.83. The average Bonchev–Trinajstić information content (AvgIpc) is 2.34. The summed E-state index contributed by atoms with van der Waals surface area (Å²) in [5.41, 5.74) is 6.30. The number of ether oxygens (including phenoxy) is 1. The van der Waals surface area contributed by atoms with Gasteiger partial charge in [-0.3, -0.25) is 0 Å². The van der Waals surface area contributed by atoms with E-state index in [1.54, 1.807) is 12.3 Å². The number of aromatic nitrogens is 2. The van der Waals surface area contributed by atoms with Gasteiger partial charge in [-0.1, -0.05) is 12.2 Å².